The van der Waals surface area contributed by atoms with Crippen molar-refractivity contribution in [1.29, 1.82) is 0 Å². The van der Waals surface area contributed by atoms with E-state index >= 15 is 0 Å². The maximum Gasteiger partial charge on any atom is 0.254 e. The molecule has 2 rings (SSSR count). The predicted molar refractivity (Wildman–Crippen MR) is 70.6 cm³/mol. The minimum absolute atomic E-state index is 0.188. The Morgan fingerprint density at radius 3 is 2.95 bits per heavy atom. The second-order valence-corrected chi connectivity index (χ2v) is 4.16. The molecule has 1 aromatic heterocycles. The van der Waals surface area contributed by atoms with Gasteiger partial charge in [-0.2, -0.15) is 5.21 Å². The van der Waals surface area contributed by atoms with Crippen LogP contribution in [0.15, 0.2) is 18.2 Å². The monoisotopic (exact) mass is 278 g/mol. The highest BCUT2D eigenvalue weighted by atomic mass is 19.1. The summed E-state index contributed by atoms with van der Waals surface area (Å²) in [7, 11) is 0. The maximum absolute atomic E-state index is 13.7. The number of hydrogen-bond donors (Lipinski definition) is 3. The lowest BCUT2D eigenvalue weighted by Crippen LogP contribution is -2.28. The molecule has 0 radical (unpaired) electrons. The standard InChI is InChI=1S/C12H15FN6O/c1-3-14-10-8(5-4-6-9(10)13)12(20)15-7(2)11-16-18-19-17-11/h4-7,14H,3H2,1-2H3,(H,15,20)(H,16,17,18,19). The topological polar surface area (TPSA) is 95.6 Å². The van der Waals surface area contributed by atoms with E-state index in [0.29, 0.717) is 12.4 Å². The molecule has 0 bridgehead atoms. The van der Waals surface area contributed by atoms with Crippen LogP contribution in [0.2, 0.25) is 0 Å². The molecule has 0 saturated carbocycles. The highest BCUT2D eigenvalue weighted by Gasteiger charge is 2.18. The van der Waals surface area contributed by atoms with Gasteiger partial charge < -0.3 is 10.6 Å². The molecular formula is C12H15FN6O. The molecule has 2 aromatic rings. The van der Waals surface area contributed by atoms with Crippen molar-refractivity contribution in [3.05, 3.63) is 35.4 Å². The number of amides is 1. The molecule has 0 aliphatic heterocycles. The molecule has 3 N–H and O–H groups in total. The van der Waals surface area contributed by atoms with Crippen LogP contribution in [0.25, 0.3) is 0 Å². The van der Waals surface area contributed by atoms with Crippen LogP contribution in [0.5, 0.6) is 0 Å². The number of nitrogens with one attached hydrogen (secondary N) is 3. The summed E-state index contributed by atoms with van der Waals surface area (Å²) in [6.45, 7) is 4.06. The van der Waals surface area contributed by atoms with Crippen molar-refractivity contribution in [1.82, 2.24) is 25.9 Å². The first-order valence-corrected chi connectivity index (χ1v) is 6.20. The zero-order valence-electron chi connectivity index (χ0n) is 11.1. The number of carbonyl (C=O) groups excluding carboxylic acids is 1. The van der Waals surface area contributed by atoms with E-state index < -0.39 is 17.8 Å². The van der Waals surface area contributed by atoms with Gasteiger partial charge in [0, 0.05) is 6.54 Å². The van der Waals surface area contributed by atoms with Gasteiger partial charge in [0.2, 0.25) is 0 Å². The number of anilines is 1. The van der Waals surface area contributed by atoms with E-state index in [1.54, 1.807) is 13.0 Å². The lowest BCUT2D eigenvalue weighted by atomic mass is 10.1. The van der Waals surface area contributed by atoms with Gasteiger partial charge in [-0.25, -0.2) is 4.39 Å². The summed E-state index contributed by atoms with van der Waals surface area (Å²) in [5, 5.41) is 18.9. The summed E-state index contributed by atoms with van der Waals surface area (Å²) in [5.41, 5.74) is 0.426. The van der Waals surface area contributed by atoms with E-state index in [9.17, 15) is 9.18 Å². The van der Waals surface area contributed by atoms with Gasteiger partial charge >= 0.3 is 0 Å². The number of halogens is 1. The predicted octanol–water partition coefficient (Wildman–Crippen LogP) is 1.26. The smallest absolute Gasteiger partial charge is 0.254 e. The van der Waals surface area contributed by atoms with Crippen molar-refractivity contribution in [3.8, 4) is 0 Å². The Labute approximate surface area is 115 Å². The number of nitrogens with zero attached hydrogens (tertiary/aromatic N) is 3. The zero-order chi connectivity index (χ0) is 14.5. The van der Waals surface area contributed by atoms with Crippen molar-refractivity contribution >= 4 is 11.6 Å². The van der Waals surface area contributed by atoms with Crippen LogP contribution in [0.4, 0.5) is 10.1 Å². The number of tetrazole rings is 1. The first kappa shape index (κ1) is 13.9. The van der Waals surface area contributed by atoms with Crippen LogP contribution in [0.1, 0.15) is 36.1 Å². The number of benzene rings is 1. The minimum Gasteiger partial charge on any atom is -0.382 e. The second kappa shape index (κ2) is 6.09. The summed E-state index contributed by atoms with van der Waals surface area (Å²) in [6.07, 6.45) is 0. The Morgan fingerprint density at radius 1 is 1.50 bits per heavy atom. The molecule has 106 valence electrons. The van der Waals surface area contributed by atoms with Gasteiger partial charge in [-0.1, -0.05) is 11.3 Å². The van der Waals surface area contributed by atoms with E-state index in [1.165, 1.54) is 12.1 Å². The fourth-order valence-corrected chi connectivity index (χ4v) is 1.76. The van der Waals surface area contributed by atoms with E-state index in [2.05, 4.69) is 31.3 Å². The van der Waals surface area contributed by atoms with E-state index in [1.807, 2.05) is 6.92 Å². The number of carbonyl (C=O) groups is 1. The fraction of sp³-hybridized carbons (Fsp3) is 0.333. The van der Waals surface area contributed by atoms with Gasteiger partial charge in [0.25, 0.3) is 5.91 Å². The first-order valence-electron chi connectivity index (χ1n) is 6.20. The number of rotatable bonds is 5. The van der Waals surface area contributed by atoms with E-state index in [-0.39, 0.29) is 11.3 Å². The highest BCUT2D eigenvalue weighted by Crippen LogP contribution is 2.20. The second-order valence-electron chi connectivity index (χ2n) is 4.16. The van der Waals surface area contributed by atoms with Crippen LogP contribution in [0.3, 0.4) is 0 Å². The number of aromatic amines is 1. The third kappa shape index (κ3) is 2.90. The summed E-state index contributed by atoms with van der Waals surface area (Å²) >= 11 is 0. The highest BCUT2D eigenvalue weighted by molar-refractivity contribution is 5.99. The Bertz CT molecular complexity index is 586. The van der Waals surface area contributed by atoms with Crippen molar-refractivity contribution in [3.63, 3.8) is 0 Å². The van der Waals surface area contributed by atoms with Gasteiger partial charge in [0.1, 0.15) is 5.82 Å². The quantitative estimate of drug-likeness (QED) is 0.765. The molecule has 1 aromatic carbocycles. The number of para-hydroxylation sites is 1. The Kier molecular flexibility index (Phi) is 4.24. The van der Waals surface area contributed by atoms with Crippen LogP contribution in [-0.2, 0) is 0 Å². The Balaban J connectivity index is 2.19. The van der Waals surface area contributed by atoms with Crippen LogP contribution < -0.4 is 10.6 Å². The van der Waals surface area contributed by atoms with Crippen molar-refractivity contribution in [2.45, 2.75) is 19.9 Å². The Hall–Kier alpha value is -2.51. The molecule has 0 spiro atoms. The minimum atomic E-state index is -0.466. The molecule has 20 heavy (non-hydrogen) atoms. The summed E-state index contributed by atoms with van der Waals surface area (Å²) in [4.78, 5) is 12.2. The summed E-state index contributed by atoms with van der Waals surface area (Å²) < 4.78 is 13.7. The number of hydrogen-bond acceptors (Lipinski definition) is 5. The van der Waals surface area contributed by atoms with Crippen molar-refractivity contribution in [2.24, 2.45) is 0 Å². The number of H-pyrrole nitrogens is 1. The molecule has 1 atom stereocenters. The van der Waals surface area contributed by atoms with E-state index in [4.69, 9.17) is 0 Å². The third-order valence-corrected chi connectivity index (χ3v) is 2.71. The molecular weight excluding hydrogens is 263 g/mol. The lowest BCUT2D eigenvalue weighted by molar-refractivity contribution is 0.0938. The van der Waals surface area contributed by atoms with Gasteiger partial charge in [-0.3, -0.25) is 4.79 Å². The van der Waals surface area contributed by atoms with Gasteiger partial charge in [-0.05, 0) is 26.0 Å². The molecule has 0 aliphatic carbocycles. The zero-order valence-corrected chi connectivity index (χ0v) is 11.1. The van der Waals surface area contributed by atoms with Gasteiger partial charge in [-0.15, -0.1) is 10.2 Å². The third-order valence-electron chi connectivity index (χ3n) is 2.71. The van der Waals surface area contributed by atoms with Crippen molar-refractivity contribution in [2.75, 3.05) is 11.9 Å². The van der Waals surface area contributed by atoms with Crippen LogP contribution >= 0.6 is 0 Å². The molecule has 0 aliphatic rings. The lowest BCUT2D eigenvalue weighted by Gasteiger charge is -2.14. The average molecular weight is 278 g/mol. The molecule has 7 nitrogen and oxygen atoms in total. The fourth-order valence-electron chi connectivity index (χ4n) is 1.76. The summed E-state index contributed by atoms with van der Waals surface area (Å²) in [5.74, 6) is -0.510. The van der Waals surface area contributed by atoms with Crippen molar-refractivity contribution < 1.29 is 9.18 Å². The molecule has 1 heterocycles. The normalized spacial score (nSPS) is 11.9. The SMILES string of the molecule is CCNc1c(F)cccc1C(=O)NC(C)c1nn[nH]n1. The molecule has 0 fully saturated rings. The van der Waals surface area contributed by atoms with Crippen LogP contribution in [0, 0.1) is 5.82 Å². The molecule has 1 unspecified atom stereocenters. The molecule has 1 amide bonds. The average Bonchev–Trinajstić information content (AvgIpc) is 2.95. The Morgan fingerprint density at radius 2 is 2.30 bits per heavy atom. The first-order chi connectivity index (χ1) is 9.63. The van der Waals surface area contributed by atoms with Crippen LogP contribution in [-0.4, -0.2) is 33.1 Å². The van der Waals surface area contributed by atoms with E-state index in [0.717, 1.165) is 0 Å². The number of aromatic nitrogens is 4. The molecule has 8 heteroatoms. The van der Waals surface area contributed by atoms with Gasteiger partial charge in [0.05, 0.1) is 17.3 Å². The largest absolute Gasteiger partial charge is 0.382 e. The maximum atomic E-state index is 13.7. The molecule has 0 saturated heterocycles. The van der Waals surface area contributed by atoms with Gasteiger partial charge in [0.15, 0.2) is 5.82 Å². The summed E-state index contributed by atoms with van der Waals surface area (Å²) in [6, 6.07) is 3.92.